The molecule has 1 heterocycles. The van der Waals surface area contributed by atoms with E-state index in [0.29, 0.717) is 10.8 Å². The summed E-state index contributed by atoms with van der Waals surface area (Å²) in [6, 6.07) is 1.66. The van der Waals surface area contributed by atoms with Gasteiger partial charge in [0.15, 0.2) is 0 Å². The quantitative estimate of drug-likeness (QED) is 0.559. The zero-order valence-electron chi connectivity index (χ0n) is 11.4. The first-order chi connectivity index (χ1) is 8.36. The van der Waals surface area contributed by atoms with Crippen LogP contribution in [0.4, 0.5) is 5.82 Å². The Morgan fingerprint density at radius 2 is 2.17 bits per heavy atom. The fourth-order valence-corrected chi connectivity index (χ4v) is 2.25. The lowest BCUT2D eigenvalue weighted by Gasteiger charge is -2.42. The van der Waals surface area contributed by atoms with Crippen LogP contribution in [0.15, 0.2) is 12.3 Å². The molecule has 18 heavy (non-hydrogen) atoms. The summed E-state index contributed by atoms with van der Waals surface area (Å²) in [5.74, 6) is 6.17. The molecule has 5 nitrogen and oxygen atoms in total. The van der Waals surface area contributed by atoms with Crippen LogP contribution < -0.4 is 17.0 Å². The van der Waals surface area contributed by atoms with Gasteiger partial charge in [-0.2, -0.15) is 0 Å². The van der Waals surface area contributed by atoms with Gasteiger partial charge in [0.05, 0.1) is 11.1 Å². The summed E-state index contributed by atoms with van der Waals surface area (Å²) in [7, 11) is 4.03. The van der Waals surface area contributed by atoms with Crippen molar-refractivity contribution in [3.05, 3.63) is 22.8 Å². The number of rotatable bonds is 5. The van der Waals surface area contributed by atoms with Gasteiger partial charge in [-0.25, -0.2) is 4.98 Å². The molecule has 0 saturated heterocycles. The van der Waals surface area contributed by atoms with Crippen molar-refractivity contribution in [3.8, 4) is 0 Å². The lowest BCUT2D eigenvalue weighted by molar-refractivity contribution is 0.113. The number of hydrogen-bond acceptors (Lipinski definition) is 5. The van der Waals surface area contributed by atoms with Gasteiger partial charge in [-0.15, -0.1) is 0 Å². The standard InChI is InChI=1S/C12H22ClN5/c1-5-12(2,18(3)4)10(17-15)9-6-8(13)7-16-11(9)14/h6-7,10,17H,5,15H2,1-4H3,(H2,14,16). The van der Waals surface area contributed by atoms with Crippen LogP contribution in [0.3, 0.4) is 0 Å². The Bertz CT molecular complexity index is 409. The molecule has 0 bridgehead atoms. The van der Waals surface area contributed by atoms with Gasteiger partial charge in [0, 0.05) is 17.3 Å². The second kappa shape index (κ2) is 5.84. The van der Waals surface area contributed by atoms with Crippen LogP contribution in [0.5, 0.6) is 0 Å². The van der Waals surface area contributed by atoms with E-state index in [2.05, 4.69) is 29.2 Å². The number of nitrogens with zero attached hydrogens (tertiary/aromatic N) is 2. The zero-order chi connectivity index (χ0) is 13.9. The third kappa shape index (κ3) is 2.75. The summed E-state index contributed by atoms with van der Waals surface area (Å²) in [5, 5.41) is 0.552. The second-order valence-corrected chi connectivity index (χ2v) is 5.27. The van der Waals surface area contributed by atoms with Gasteiger partial charge in [0.2, 0.25) is 0 Å². The highest BCUT2D eigenvalue weighted by molar-refractivity contribution is 6.30. The van der Waals surface area contributed by atoms with Gasteiger partial charge in [-0.1, -0.05) is 18.5 Å². The van der Waals surface area contributed by atoms with E-state index in [1.165, 1.54) is 6.20 Å². The predicted octanol–water partition coefficient (Wildman–Crippen LogP) is 1.55. The molecule has 0 spiro atoms. The third-order valence-corrected chi connectivity index (χ3v) is 3.96. The topological polar surface area (TPSA) is 80.2 Å². The van der Waals surface area contributed by atoms with Crippen LogP contribution in [-0.2, 0) is 0 Å². The fraction of sp³-hybridized carbons (Fsp3) is 0.583. The summed E-state index contributed by atoms with van der Waals surface area (Å²) in [6.07, 6.45) is 2.44. The van der Waals surface area contributed by atoms with E-state index in [1.807, 2.05) is 20.2 Å². The highest BCUT2D eigenvalue weighted by Gasteiger charge is 2.36. The molecule has 6 heteroatoms. The van der Waals surface area contributed by atoms with Crippen LogP contribution in [0, 0.1) is 0 Å². The minimum absolute atomic E-state index is 0.149. The molecular formula is C12H22ClN5. The monoisotopic (exact) mass is 271 g/mol. The average Bonchev–Trinajstić information content (AvgIpc) is 2.33. The second-order valence-electron chi connectivity index (χ2n) is 4.83. The molecule has 1 rings (SSSR count). The number of hydrazine groups is 1. The van der Waals surface area contributed by atoms with Crippen molar-refractivity contribution >= 4 is 17.4 Å². The summed E-state index contributed by atoms with van der Waals surface area (Å²) >= 11 is 5.99. The third-order valence-electron chi connectivity index (χ3n) is 3.75. The van der Waals surface area contributed by atoms with Crippen molar-refractivity contribution in [3.63, 3.8) is 0 Å². The zero-order valence-corrected chi connectivity index (χ0v) is 12.1. The van der Waals surface area contributed by atoms with Crippen molar-refractivity contribution in [1.29, 1.82) is 0 Å². The molecule has 0 aliphatic carbocycles. The number of nitrogens with one attached hydrogen (secondary N) is 1. The molecule has 0 aliphatic heterocycles. The Labute approximate surface area is 113 Å². The summed E-state index contributed by atoms with van der Waals surface area (Å²) in [5.41, 5.74) is 9.41. The minimum Gasteiger partial charge on any atom is -0.383 e. The van der Waals surface area contributed by atoms with Gasteiger partial charge in [0.1, 0.15) is 5.82 Å². The number of hydrogen-bond donors (Lipinski definition) is 3. The first-order valence-corrected chi connectivity index (χ1v) is 6.29. The van der Waals surface area contributed by atoms with Gasteiger partial charge in [-0.05, 0) is 33.5 Å². The maximum atomic E-state index is 5.99. The number of halogens is 1. The molecule has 5 N–H and O–H groups in total. The highest BCUT2D eigenvalue weighted by atomic mass is 35.5. The molecule has 102 valence electrons. The molecule has 0 saturated carbocycles. The van der Waals surface area contributed by atoms with E-state index in [0.717, 1.165) is 12.0 Å². The van der Waals surface area contributed by atoms with Gasteiger partial charge in [0.25, 0.3) is 0 Å². The van der Waals surface area contributed by atoms with Crippen molar-refractivity contribution in [1.82, 2.24) is 15.3 Å². The molecule has 2 atom stereocenters. The van der Waals surface area contributed by atoms with Crippen LogP contribution >= 0.6 is 11.6 Å². The first kappa shape index (κ1) is 15.2. The van der Waals surface area contributed by atoms with Crippen LogP contribution in [0.2, 0.25) is 5.02 Å². The van der Waals surface area contributed by atoms with Crippen molar-refractivity contribution in [2.45, 2.75) is 31.8 Å². The lowest BCUT2D eigenvalue weighted by atomic mass is 9.84. The largest absolute Gasteiger partial charge is 0.383 e. The van der Waals surface area contributed by atoms with E-state index in [4.69, 9.17) is 23.2 Å². The van der Waals surface area contributed by atoms with Gasteiger partial charge in [-0.3, -0.25) is 11.3 Å². The number of likely N-dealkylation sites (N-methyl/N-ethyl adjacent to an activating group) is 1. The SMILES string of the molecule is CCC(C)(C(NN)c1cc(Cl)cnc1N)N(C)C. The van der Waals surface area contributed by atoms with Crippen molar-refractivity contribution in [2.24, 2.45) is 5.84 Å². The predicted molar refractivity (Wildman–Crippen MR) is 76.1 cm³/mol. The van der Waals surface area contributed by atoms with Crippen molar-refractivity contribution < 1.29 is 0 Å². The Hall–Kier alpha value is -0.880. The number of pyridine rings is 1. The summed E-state index contributed by atoms with van der Waals surface area (Å²) in [4.78, 5) is 6.21. The number of nitrogens with two attached hydrogens (primary N) is 2. The molecule has 0 amide bonds. The Balaban J connectivity index is 3.28. The smallest absolute Gasteiger partial charge is 0.128 e. The van der Waals surface area contributed by atoms with E-state index in [1.54, 1.807) is 0 Å². The van der Waals surface area contributed by atoms with E-state index >= 15 is 0 Å². The molecule has 2 unspecified atom stereocenters. The van der Waals surface area contributed by atoms with Gasteiger partial charge < -0.3 is 10.6 Å². The van der Waals surface area contributed by atoms with Crippen LogP contribution in [-0.4, -0.2) is 29.5 Å². The summed E-state index contributed by atoms with van der Waals surface area (Å²) < 4.78 is 0. The lowest BCUT2D eigenvalue weighted by Crippen LogP contribution is -2.53. The Morgan fingerprint density at radius 3 is 2.61 bits per heavy atom. The van der Waals surface area contributed by atoms with Crippen LogP contribution in [0.1, 0.15) is 31.9 Å². The number of aromatic nitrogens is 1. The van der Waals surface area contributed by atoms with Crippen molar-refractivity contribution in [2.75, 3.05) is 19.8 Å². The Morgan fingerprint density at radius 1 is 1.56 bits per heavy atom. The summed E-state index contributed by atoms with van der Waals surface area (Å²) in [6.45, 7) is 4.23. The van der Waals surface area contributed by atoms with E-state index in [9.17, 15) is 0 Å². The van der Waals surface area contributed by atoms with E-state index in [-0.39, 0.29) is 11.6 Å². The molecule has 1 aromatic heterocycles. The highest BCUT2D eigenvalue weighted by Crippen LogP contribution is 2.35. The van der Waals surface area contributed by atoms with Crippen LogP contribution in [0.25, 0.3) is 0 Å². The molecule has 0 aliphatic rings. The molecule has 0 aromatic carbocycles. The maximum Gasteiger partial charge on any atom is 0.128 e. The normalized spacial score (nSPS) is 16.6. The van der Waals surface area contributed by atoms with E-state index < -0.39 is 0 Å². The average molecular weight is 272 g/mol. The number of nitrogen functional groups attached to an aromatic ring is 1. The maximum absolute atomic E-state index is 5.99. The molecule has 1 aromatic rings. The minimum atomic E-state index is -0.185. The van der Waals surface area contributed by atoms with Gasteiger partial charge >= 0.3 is 0 Å². The molecule has 0 fully saturated rings. The molecule has 0 radical (unpaired) electrons. The molecular weight excluding hydrogens is 250 g/mol. The Kier molecular flexibility index (Phi) is 4.92. The number of anilines is 1. The first-order valence-electron chi connectivity index (χ1n) is 5.91. The fourth-order valence-electron chi connectivity index (χ4n) is 2.08.